The van der Waals surface area contributed by atoms with E-state index < -0.39 is 10.0 Å². The SMILES string of the molecule is CCCCNC(=O)CNc1ccc(S(=O)(=O)N2CCCCCC2)cc1. The fourth-order valence-electron chi connectivity index (χ4n) is 2.83. The molecule has 25 heavy (non-hydrogen) atoms. The quantitative estimate of drug-likeness (QED) is 0.692. The highest BCUT2D eigenvalue weighted by molar-refractivity contribution is 7.89. The van der Waals surface area contributed by atoms with Crippen LogP contribution in [0.4, 0.5) is 5.69 Å². The minimum atomic E-state index is -3.42. The first kappa shape index (κ1) is 19.7. The predicted molar refractivity (Wildman–Crippen MR) is 100 cm³/mol. The van der Waals surface area contributed by atoms with Crippen molar-refractivity contribution >= 4 is 21.6 Å². The van der Waals surface area contributed by atoms with Crippen molar-refractivity contribution in [1.29, 1.82) is 0 Å². The van der Waals surface area contributed by atoms with Crippen LogP contribution in [0.1, 0.15) is 45.4 Å². The minimum Gasteiger partial charge on any atom is -0.376 e. The van der Waals surface area contributed by atoms with Crippen molar-refractivity contribution < 1.29 is 13.2 Å². The highest BCUT2D eigenvalue weighted by Crippen LogP contribution is 2.21. The summed E-state index contributed by atoms with van der Waals surface area (Å²) in [5.41, 5.74) is 0.737. The maximum absolute atomic E-state index is 12.7. The molecule has 1 aromatic carbocycles. The zero-order valence-electron chi connectivity index (χ0n) is 15.0. The van der Waals surface area contributed by atoms with Crippen LogP contribution in [0, 0.1) is 0 Å². The maximum atomic E-state index is 12.7. The van der Waals surface area contributed by atoms with Crippen LogP contribution in [-0.2, 0) is 14.8 Å². The summed E-state index contributed by atoms with van der Waals surface area (Å²) in [6.07, 6.45) is 6.04. The van der Waals surface area contributed by atoms with E-state index in [-0.39, 0.29) is 12.5 Å². The van der Waals surface area contributed by atoms with Crippen LogP contribution in [-0.4, -0.2) is 44.8 Å². The third-order valence-electron chi connectivity index (χ3n) is 4.36. The molecule has 2 rings (SSSR count). The molecule has 1 aromatic rings. The predicted octanol–water partition coefficient (Wildman–Crippen LogP) is 2.58. The second kappa shape index (κ2) is 9.77. The molecular formula is C18H29N3O3S. The van der Waals surface area contributed by atoms with Gasteiger partial charge in [0.2, 0.25) is 15.9 Å². The van der Waals surface area contributed by atoms with Crippen LogP contribution in [0.5, 0.6) is 0 Å². The molecule has 0 spiro atoms. The molecule has 0 radical (unpaired) electrons. The number of hydrogen-bond donors (Lipinski definition) is 2. The van der Waals surface area contributed by atoms with Gasteiger partial charge in [0.05, 0.1) is 11.4 Å². The van der Waals surface area contributed by atoms with E-state index in [9.17, 15) is 13.2 Å². The second-order valence-corrected chi connectivity index (χ2v) is 8.34. The van der Waals surface area contributed by atoms with E-state index >= 15 is 0 Å². The molecule has 7 heteroatoms. The van der Waals surface area contributed by atoms with Crippen LogP contribution >= 0.6 is 0 Å². The van der Waals surface area contributed by atoms with Gasteiger partial charge >= 0.3 is 0 Å². The van der Waals surface area contributed by atoms with Crippen molar-refractivity contribution in [2.24, 2.45) is 0 Å². The molecule has 1 aliphatic rings. The van der Waals surface area contributed by atoms with E-state index in [4.69, 9.17) is 0 Å². The first-order chi connectivity index (χ1) is 12.0. The lowest BCUT2D eigenvalue weighted by Gasteiger charge is -2.20. The summed E-state index contributed by atoms with van der Waals surface area (Å²) < 4.78 is 27.0. The molecule has 0 bridgehead atoms. The summed E-state index contributed by atoms with van der Waals surface area (Å²) in [7, 11) is -3.42. The molecule has 0 unspecified atom stereocenters. The van der Waals surface area contributed by atoms with Gasteiger partial charge in [0.15, 0.2) is 0 Å². The molecule has 0 aromatic heterocycles. The van der Waals surface area contributed by atoms with Crippen molar-refractivity contribution in [2.75, 3.05) is 31.5 Å². The summed E-state index contributed by atoms with van der Waals surface area (Å²) >= 11 is 0. The Labute approximate surface area is 151 Å². The lowest BCUT2D eigenvalue weighted by molar-refractivity contribution is -0.119. The summed E-state index contributed by atoms with van der Waals surface area (Å²) in [6, 6.07) is 6.64. The average Bonchev–Trinajstić information content (AvgIpc) is 2.90. The number of unbranched alkanes of at least 4 members (excludes halogenated alkanes) is 1. The Bertz CT molecular complexity index is 636. The van der Waals surface area contributed by atoms with E-state index in [1.54, 1.807) is 28.6 Å². The number of benzene rings is 1. The minimum absolute atomic E-state index is 0.0604. The van der Waals surface area contributed by atoms with E-state index in [0.29, 0.717) is 24.5 Å². The van der Waals surface area contributed by atoms with Gasteiger partial charge in [-0.2, -0.15) is 4.31 Å². The summed E-state index contributed by atoms with van der Waals surface area (Å²) in [5, 5.41) is 5.85. The highest BCUT2D eigenvalue weighted by Gasteiger charge is 2.24. The molecule has 6 nitrogen and oxygen atoms in total. The fourth-order valence-corrected chi connectivity index (χ4v) is 4.34. The monoisotopic (exact) mass is 367 g/mol. The maximum Gasteiger partial charge on any atom is 0.243 e. The van der Waals surface area contributed by atoms with Gasteiger partial charge in [0.25, 0.3) is 0 Å². The summed E-state index contributed by atoms with van der Waals surface area (Å²) in [4.78, 5) is 12.0. The van der Waals surface area contributed by atoms with Crippen molar-refractivity contribution in [3.05, 3.63) is 24.3 Å². The molecular weight excluding hydrogens is 338 g/mol. The second-order valence-electron chi connectivity index (χ2n) is 6.40. The zero-order chi connectivity index (χ0) is 18.1. The third-order valence-corrected chi connectivity index (χ3v) is 6.28. The Kier molecular flexibility index (Phi) is 7.71. The molecule has 0 aliphatic carbocycles. The van der Waals surface area contributed by atoms with Crippen molar-refractivity contribution in [3.8, 4) is 0 Å². The Hall–Kier alpha value is -1.60. The first-order valence-corrected chi connectivity index (χ1v) is 10.6. The van der Waals surface area contributed by atoms with Gasteiger partial charge in [-0.1, -0.05) is 26.2 Å². The molecule has 1 saturated heterocycles. The van der Waals surface area contributed by atoms with Crippen LogP contribution in [0.3, 0.4) is 0 Å². The number of nitrogens with one attached hydrogen (secondary N) is 2. The van der Waals surface area contributed by atoms with E-state index in [0.717, 1.165) is 44.2 Å². The van der Waals surface area contributed by atoms with E-state index in [1.807, 2.05) is 0 Å². The largest absolute Gasteiger partial charge is 0.376 e. The van der Waals surface area contributed by atoms with Crippen molar-refractivity contribution in [3.63, 3.8) is 0 Å². The van der Waals surface area contributed by atoms with Gasteiger partial charge in [-0.3, -0.25) is 4.79 Å². The van der Waals surface area contributed by atoms with Gasteiger partial charge in [0, 0.05) is 25.3 Å². The Morgan fingerprint density at radius 1 is 1.08 bits per heavy atom. The van der Waals surface area contributed by atoms with E-state index in [2.05, 4.69) is 17.6 Å². The Balaban J connectivity index is 1.91. The van der Waals surface area contributed by atoms with Crippen molar-refractivity contribution in [2.45, 2.75) is 50.3 Å². The Morgan fingerprint density at radius 2 is 1.72 bits per heavy atom. The van der Waals surface area contributed by atoms with Gasteiger partial charge in [0.1, 0.15) is 0 Å². The summed E-state index contributed by atoms with van der Waals surface area (Å²) in [5.74, 6) is -0.0604. The number of sulfonamides is 1. The first-order valence-electron chi connectivity index (χ1n) is 9.15. The van der Waals surface area contributed by atoms with Crippen LogP contribution < -0.4 is 10.6 Å². The number of anilines is 1. The molecule has 1 amide bonds. The van der Waals surface area contributed by atoms with Gasteiger partial charge in [-0.05, 0) is 43.5 Å². The lowest BCUT2D eigenvalue weighted by Crippen LogP contribution is -2.32. The topological polar surface area (TPSA) is 78.5 Å². The number of carbonyl (C=O) groups excluding carboxylic acids is 1. The highest BCUT2D eigenvalue weighted by atomic mass is 32.2. The number of amides is 1. The van der Waals surface area contributed by atoms with E-state index in [1.165, 1.54) is 0 Å². The Morgan fingerprint density at radius 3 is 2.32 bits per heavy atom. The molecule has 1 aliphatic heterocycles. The number of hydrogen-bond acceptors (Lipinski definition) is 4. The van der Waals surface area contributed by atoms with Gasteiger partial charge in [-0.25, -0.2) is 8.42 Å². The molecule has 1 heterocycles. The average molecular weight is 368 g/mol. The van der Waals surface area contributed by atoms with Crippen LogP contribution in [0.25, 0.3) is 0 Å². The number of rotatable bonds is 8. The third kappa shape index (κ3) is 6.01. The lowest BCUT2D eigenvalue weighted by atomic mass is 10.2. The molecule has 0 atom stereocenters. The zero-order valence-corrected chi connectivity index (χ0v) is 15.8. The molecule has 1 fully saturated rings. The molecule has 2 N–H and O–H groups in total. The van der Waals surface area contributed by atoms with Crippen LogP contribution in [0.2, 0.25) is 0 Å². The molecule has 140 valence electrons. The summed E-state index contributed by atoms with van der Waals surface area (Å²) in [6.45, 7) is 4.14. The van der Waals surface area contributed by atoms with Crippen LogP contribution in [0.15, 0.2) is 29.2 Å². The number of carbonyl (C=O) groups is 1. The standard InChI is InChI=1S/C18H29N3O3S/c1-2-3-12-19-18(22)15-20-16-8-10-17(11-9-16)25(23,24)21-13-6-4-5-7-14-21/h8-11,20H,2-7,12-15H2,1H3,(H,19,22). The normalized spacial score (nSPS) is 16.2. The number of nitrogens with zero attached hydrogens (tertiary/aromatic N) is 1. The smallest absolute Gasteiger partial charge is 0.243 e. The molecule has 0 saturated carbocycles. The van der Waals surface area contributed by atoms with Gasteiger partial charge in [-0.15, -0.1) is 0 Å². The fraction of sp³-hybridized carbons (Fsp3) is 0.611. The van der Waals surface area contributed by atoms with Crippen molar-refractivity contribution in [1.82, 2.24) is 9.62 Å². The van der Waals surface area contributed by atoms with Gasteiger partial charge < -0.3 is 10.6 Å².